The van der Waals surface area contributed by atoms with Gasteiger partial charge in [0, 0.05) is 17.8 Å². The molecular weight excluding hydrogens is 292 g/mol. The number of aromatic nitrogens is 3. The Morgan fingerprint density at radius 3 is 2.59 bits per heavy atom. The predicted molar refractivity (Wildman–Crippen MR) is 72.9 cm³/mol. The first-order valence-electron chi connectivity index (χ1n) is 6.02. The smallest absolute Gasteiger partial charge is 0.315 e. The van der Waals surface area contributed by atoms with Crippen LogP contribution in [-0.2, 0) is 0 Å². The summed E-state index contributed by atoms with van der Waals surface area (Å²) in [5.74, 6) is -1.38. The molecule has 0 radical (unpaired) electrons. The Morgan fingerprint density at radius 1 is 1.14 bits per heavy atom. The zero-order valence-electron chi connectivity index (χ0n) is 10.9. The standard InChI is InChI=1S/C13H8N4O5/c18-10-6-7(5-9(11(10)19)17(20)21)12-15-16-13(22-12)8-3-1-2-4-14-8/h1-6,18-19H. The van der Waals surface area contributed by atoms with Crippen LogP contribution < -0.4 is 0 Å². The molecule has 0 unspecified atom stereocenters. The molecule has 0 atom stereocenters. The summed E-state index contributed by atoms with van der Waals surface area (Å²) in [5, 5.41) is 37.4. The minimum Gasteiger partial charge on any atom is -0.504 e. The summed E-state index contributed by atoms with van der Waals surface area (Å²) in [5.41, 5.74) is -0.108. The zero-order valence-corrected chi connectivity index (χ0v) is 10.9. The molecule has 0 spiro atoms. The topological polar surface area (TPSA) is 135 Å². The third kappa shape index (κ3) is 2.30. The summed E-state index contributed by atoms with van der Waals surface area (Å²) in [7, 11) is 0. The molecule has 3 aromatic rings. The molecule has 9 heteroatoms. The van der Waals surface area contributed by atoms with Crippen LogP contribution >= 0.6 is 0 Å². The van der Waals surface area contributed by atoms with Gasteiger partial charge in [0.25, 0.3) is 5.89 Å². The van der Waals surface area contributed by atoms with Crippen molar-refractivity contribution in [2.75, 3.05) is 0 Å². The summed E-state index contributed by atoms with van der Waals surface area (Å²) in [6.45, 7) is 0. The normalized spacial score (nSPS) is 10.5. The maximum atomic E-state index is 10.8. The second-order valence-electron chi connectivity index (χ2n) is 4.25. The van der Waals surface area contributed by atoms with Crippen LogP contribution in [0.1, 0.15) is 0 Å². The fourth-order valence-electron chi connectivity index (χ4n) is 1.80. The summed E-state index contributed by atoms with van der Waals surface area (Å²) >= 11 is 0. The molecule has 2 N–H and O–H groups in total. The Labute approximate surface area is 122 Å². The van der Waals surface area contributed by atoms with Crippen LogP contribution in [0.4, 0.5) is 5.69 Å². The quantitative estimate of drug-likeness (QED) is 0.426. The van der Waals surface area contributed by atoms with Crippen molar-refractivity contribution < 1.29 is 19.6 Å². The van der Waals surface area contributed by atoms with Crippen LogP contribution in [0.25, 0.3) is 23.0 Å². The van der Waals surface area contributed by atoms with Gasteiger partial charge in [-0.25, -0.2) is 0 Å². The van der Waals surface area contributed by atoms with E-state index >= 15 is 0 Å². The lowest BCUT2D eigenvalue weighted by Gasteiger charge is -2.01. The highest BCUT2D eigenvalue weighted by Crippen LogP contribution is 2.39. The number of phenols is 2. The summed E-state index contributed by atoms with van der Waals surface area (Å²) in [6.07, 6.45) is 1.55. The van der Waals surface area contributed by atoms with Crippen molar-refractivity contribution in [2.24, 2.45) is 0 Å². The number of nitrogens with zero attached hydrogens (tertiary/aromatic N) is 4. The maximum absolute atomic E-state index is 10.8. The molecule has 0 aliphatic heterocycles. The fourth-order valence-corrected chi connectivity index (χ4v) is 1.80. The predicted octanol–water partition coefficient (Wildman–Crippen LogP) is 2.12. The molecule has 3 rings (SSSR count). The van der Waals surface area contributed by atoms with Gasteiger partial charge >= 0.3 is 5.69 Å². The molecule has 0 amide bonds. The monoisotopic (exact) mass is 300 g/mol. The number of hydrogen-bond acceptors (Lipinski definition) is 8. The van der Waals surface area contributed by atoms with Crippen LogP contribution in [-0.4, -0.2) is 30.3 Å². The fraction of sp³-hybridized carbons (Fsp3) is 0. The lowest BCUT2D eigenvalue weighted by Crippen LogP contribution is -1.90. The molecule has 0 aliphatic rings. The minimum absolute atomic E-state index is 0.0425. The Morgan fingerprint density at radius 2 is 1.91 bits per heavy atom. The molecule has 2 heterocycles. The van der Waals surface area contributed by atoms with E-state index in [0.29, 0.717) is 5.69 Å². The summed E-state index contributed by atoms with van der Waals surface area (Å²) < 4.78 is 5.39. The van der Waals surface area contributed by atoms with Gasteiger partial charge in [-0.2, -0.15) is 0 Å². The van der Waals surface area contributed by atoms with Gasteiger partial charge in [0.2, 0.25) is 11.6 Å². The lowest BCUT2D eigenvalue weighted by molar-refractivity contribution is -0.385. The van der Waals surface area contributed by atoms with E-state index in [2.05, 4.69) is 15.2 Å². The van der Waals surface area contributed by atoms with Gasteiger partial charge in [0.05, 0.1) is 4.92 Å². The first-order chi connectivity index (χ1) is 10.6. The van der Waals surface area contributed by atoms with Crippen molar-refractivity contribution in [3.63, 3.8) is 0 Å². The van der Waals surface area contributed by atoms with Gasteiger partial charge < -0.3 is 14.6 Å². The molecule has 110 valence electrons. The number of hydrogen-bond donors (Lipinski definition) is 2. The van der Waals surface area contributed by atoms with Crippen LogP contribution in [0.3, 0.4) is 0 Å². The SMILES string of the molecule is O=[N+]([O-])c1cc(-c2nnc(-c3ccccn3)o2)cc(O)c1O. The molecule has 0 saturated heterocycles. The number of aromatic hydroxyl groups is 2. The number of nitro benzene ring substituents is 1. The van der Waals surface area contributed by atoms with E-state index in [1.54, 1.807) is 24.4 Å². The first-order valence-corrected chi connectivity index (χ1v) is 6.02. The molecule has 0 fully saturated rings. The lowest BCUT2D eigenvalue weighted by atomic mass is 10.1. The minimum atomic E-state index is -0.825. The van der Waals surface area contributed by atoms with Gasteiger partial charge in [-0.1, -0.05) is 6.07 Å². The number of pyridine rings is 1. The van der Waals surface area contributed by atoms with Crippen molar-refractivity contribution in [2.45, 2.75) is 0 Å². The van der Waals surface area contributed by atoms with E-state index in [1.807, 2.05) is 0 Å². The summed E-state index contributed by atoms with van der Waals surface area (Å²) in [6, 6.07) is 7.25. The molecule has 9 nitrogen and oxygen atoms in total. The van der Waals surface area contributed by atoms with Gasteiger partial charge in [-0.3, -0.25) is 15.1 Å². The van der Waals surface area contributed by atoms with Crippen molar-refractivity contribution in [1.29, 1.82) is 0 Å². The Bertz CT molecular complexity index is 847. The van der Waals surface area contributed by atoms with E-state index in [1.165, 1.54) is 0 Å². The van der Waals surface area contributed by atoms with Crippen LogP contribution in [0.5, 0.6) is 11.5 Å². The third-order valence-electron chi connectivity index (χ3n) is 2.82. The Balaban J connectivity index is 2.06. The molecule has 1 aromatic carbocycles. The highest BCUT2D eigenvalue weighted by atomic mass is 16.6. The van der Waals surface area contributed by atoms with Gasteiger partial charge in [0.1, 0.15) is 5.69 Å². The number of rotatable bonds is 3. The Kier molecular flexibility index (Phi) is 3.14. The zero-order chi connectivity index (χ0) is 15.7. The maximum Gasteiger partial charge on any atom is 0.315 e. The van der Waals surface area contributed by atoms with E-state index in [4.69, 9.17) is 4.42 Å². The van der Waals surface area contributed by atoms with Gasteiger partial charge in [-0.05, 0) is 18.2 Å². The van der Waals surface area contributed by atoms with Crippen LogP contribution in [0.2, 0.25) is 0 Å². The number of benzene rings is 1. The highest BCUT2D eigenvalue weighted by Gasteiger charge is 2.22. The first kappa shape index (κ1) is 13.5. The molecular formula is C13H8N4O5. The average Bonchev–Trinajstić information content (AvgIpc) is 3.00. The van der Waals surface area contributed by atoms with E-state index in [-0.39, 0.29) is 17.3 Å². The van der Waals surface area contributed by atoms with Crippen LogP contribution in [0, 0.1) is 10.1 Å². The average molecular weight is 300 g/mol. The van der Waals surface area contributed by atoms with E-state index < -0.39 is 22.1 Å². The molecule has 22 heavy (non-hydrogen) atoms. The molecule has 2 aromatic heterocycles. The third-order valence-corrected chi connectivity index (χ3v) is 2.82. The van der Waals surface area contributed by atoms with Crippen molar-refractivity contribution >= 4 is 5.69 Å². The molecule has 0 aliphatic carbocycles. The Hall–Kier alpha value is -3.49. The van der Waals surface area contributed by atoms with Gasteiger partial charge in [-0.15, -0.1) is 10.2 Å². The largest absolute Gasteiger partial charge is 0.504 e. The molecule has 0 bridgehead atoms. The highest BCUT2D eigenvalue weighted by molar-refractivity contribution is 5.68. The molecule has 0 saturated carbocycles. The van der Waals surface area contributed by atoms with Crippen molar-refractivity contribution in [3.05, 3.63) is 46.6 Å². The van der Waals surface area contributed by atoms with Crippen LogP contribution in [0.15, 0.2) is 40.9 Å². The number of nitro groups is 1. The van der Waals surface area contributed by atoms with Crippen molar-refractivity contribution in [1.82, 2.24) is 15.2 Å². The second kappa shape index (κ2) is 5.13. The summed E-state index contributed by atoms with van der Waals surface area (Å²) in [4.78, 5) is 14.1. The second-order valence-corrected chi connectivity index (χ2v) is 4.25. The van der Waals surface area contributed by atoms with Gasteiger partial charge in [0.15, 0.2) is 5.75 Å². The van der Waals surface area contributed by atoms with Crippen molar-refractivity contribution in [3.8, 4) is 34.5 Å². The number of phenolic OH excluding ortho intramolecular Hbond substituents is 2. The van der Waals surface area contributed by atoms with E-state index in [0.717, 1.165) is 12.1 Å². The van der Waals surface area contributed by atoms with E-state index in [9.17, 15) is 20.3 Å².